The van der Waals surface area contributed by atoms with E-state index in [-0.39, 0.29) is 6.42 Å². The lowest BCUT2D eigenvalue weighted by atomic mass is 9.99. The Balaban J connectivity index is 1.63. The van der Waals surface area contributed by atoms with Crippen LogP contribution >= 0.6 is 0 Å². The number of nitrogens with one attached hydrogen (secondary N) is 1. The van der Waals surface area contributed by atoms with E-state index in [1.807, 2.05) is 24.3 Å². The molecule has 5 nitrogen and oxygen atoms in total. The summed E-state index contributed by atoms with van der Waals surface area (Å²) in [5.74, 6) is -0.290. The average molecular weight is 415 g/mol. The van der Waals surface area contributed by atoms with E-state index in [0.717, 1.165) is 40.7 Å². The topological polar surface area (TPSA) is 71.7 Å². The van der Waals surface area contributed by atoms with Gasteiger partial charge in [0.05, 0.1) is 12.7 Å². The van der Waals surface area contributed by atoms with E-state index in [2.05, 4.69) is 42.6 Å². The maximum atomic E-state index is 11.1. The van der Waals surface area contributed by atoms with E-state index in [0.29, 0.717) is 17.9 Å². The van der Waals surface area contributed by atoms with Crippen molar-refractivity contribution in [3.63, 3.8) is 0 Å². The molecule has 31 heavy (non-hydrogen) atoms. The van der Waals surface area contributed by atoms with Gasteiger partial charge in [-0.15, -0.1) is 0 Å². The van der Waals surface area contributed by atoms with Gasteiger partial charge in [0.2, 0.25) is 0 Å². The predicted octanol–water partition coefficient (Wildman–Crippen LogP) is 5.42. The van der Waals surface area contributed by atoms with Crippen molar-refractivity contribution in [3.8, 4) is 16.9 Å². The number of carboxylic acid groups (broad SMARTS) is 1. The zero-order chi connectivity index (χ0) is 21.6. The number of aliphatic carboxylic acids is 1. The SMILES string of the molecule is CCNCc1cccc(-c2cc(COc3ccccc3CC(=O)O)cc3ccoc23)c1. The van der Waals surface area contributed by atoms with Crippen molar-refractivity contribution >= 4 is 16.9 Å². The minimum absolute atomic E-state index is 0.0687. The number of benzene rings is 3. The van der Waals surface area contributed by atoms with Crippen LogP contribution in [0.4, 0.5) is 0 Å². The Kier molecular flexibility index (Phi) is 6.34. The number of hydrogen-bond acceptors (Lipinski definition) is 4. The molecule has 0 saturated carbocycles. The van der Waals surface area contributed by atoms with Crippen LogP contribution in [-0.4, -0.2) is 17.6 Å². The van der Waals surface area contributed by atoms with Gasteiger partial charge in [0.25, 0.3) is 0 Å². The molecule has 5 heteroatoms. The van der Waals surface area contributed by atoms with Crippen molar-refractivity contribution in [3.05, 3.63) is 89.7 Å². The third-order valence-corrected chi connectivity index (χ3v) is 5.14. The zero-order valence-corrected chi connectivity index (χ0v) is 17.4. The first-order valence-electron chi connectivity index (χ1n) is 10.4. The third-order valence-electron chi connectivity index (χ3n) is 5.14. The molecule has 0 aliphatic rings. The van der Waals surface area contributed by atoms with Crippen LogP contribution in [0.3, 0.4) is 0 Å². The van der Waals surface area contributed by atoms with Gasteiger partial charge in [0, 0.05) is 23.1 Å². The molecular weight excluding hydrogens is 390 g/mol. The van der Waals surface area contributed by atoms with Crippen LogP contribution < -0.4 is 10.1 Å². The van der Waals surface area contributed by atoms with Crippen LogP contribution in [0.5, 0.6) is 5.75 Å². The number of fused-ring (bicyclic) bond motifs is 1. The van der Waals surface area contributed by atoms with Gasteiger partial charge in [0.1, 0.15) is 17.9 Å². The number of hydrogen-bond donors (Lipinski definition) is 2. The van der Waals surface area contributed by atoms with E-state index in [9.17, 15) is 4.79 Å². The Hall–Kier alpha value is -3.57. The molecular formula is C26H25NO4. The third kappa shape index (κ3) is 4.95. The number of ether oxygens (including phenoxy) is 1. The van der Waals surface area contributed by atoms with Crippen molar-refractivity contribution in [2.45, 2.75) is 26.5 Å². The summed E-state index contributed by atoms with van der Waals surface area (Å²) in [6, 6.07) is 21.8. The fourth-order valence-corrected chi connectivity index (χ4v) is 3.67. The smallest absolute Gasteiger partial charge is 0.307 e. The maximum Gasteiger partial charge on any atom is 0.307 e. The molecule has 3 aromatic carbocycles. The molecule has 0 fully saturated rings. The van der Waals surface area contributed by atoms with E-state index >= 15 is 0 Å². The van der Waals surface area contributed by atoms with Crippen LogP contribution in [-0.2, 0) is 24.4 Å². The van der Waals surface area contributed by atoms with E-state index in [4.69, 9.17) is 14.3 Å². The van der Waals surface area contributed by atoms with Gasteiger partial charge in [-0.05, 0) is 53.6 Å². The summed E-state index contributed by atoms with van der Waals surface area (Å²) >= 11 is 0. The van der Waals surface area contributed by atoms with Crippen LogP contribution in [0.2, 0.25) is 0 Å². The second-order valence-electron chi connectivity index (χ2n) is 7.43. The first-order valence-corrected chi connectivity index (χ1v) is 10.4. The predicted molar refractivity (Wildman–Crippen MR) is 121 cm³/mol. The summed E-state index contributed by atoms with van der Waals surface area (Å²) in [6.45, 7) is 4.16. The summed E-state index contributed by atoms with van der Waals surface area (Å²) in [6.07, 6.45) is 1.63. The molecule has 0 bridgehead atoms. The second-order valence-corrected chi connectivity index (χ2v) is 7.43. The number of para-hydroxylation sites is 1. The zero-order valence-electron chi connectivity index (χ0n) is 17.4. The van der Waals surface area contributed by atoms with Gasteiger partial charge in [-0.25, -0.2) is 0 Å². The Bertz CT molecular complexity index is 1190. The quantitative estimate of drug-likeness (QED) is 0.382. The highest BCUT2D eigenvalue weighted by Gasteiger charge is 2.12. The van der Waals surface area contributed by atoms with Crippen LogP contribution in [0.25, 0.3) is 22.1 Å². The van der Waals surface area contributed by atoms with E-state index in [1.54, 1.807) is 18.4 Å². The van der Waals surface area contributed by atoms with Crippen molar-refractivity contribution in [1.29, 1.82) is 0 Å². The fourth-order valence-electron chi connectivity index (χ4n) is 3.67. The molecule has 0 spiro atoms. The summed E-state index contributed by atoms with van der Waals surface area (Å²) in [7, 11) is 0. The highest BCUT2D eigenvalue weighted by molar-refractivity contribution is 5.93. The van der Waals surface area contributed by atoms with Gasteiger partial charge >= 0.3 is 5.97 Å². The van der Waals surface area contributed by atoms with Crippen molar-refractivity contribution in [2.24, 2.45) is 0 Å². The molecule has 0 aliphatic heterocycles. The molecule has 0 radical (unpaired) electrons. The Morgan fingerprint density at radius 2 is 1.90 bits per heavy atom. The molecule has 158 valence electrons. The molecule has 0 amide bonds. The molecule has 2 N–H and O–H groups in total. The normalized spacial score (nSPS) is 11.0. The maximum absolute atomic E-state index is 11.1. The summed E-state index contributed by atoms with van der Waals surface area (Å²) < 4.78 is 11.8. The largest absolute Gasteiger partial charge is 0.489 e. The molecule has 0 saturated heterocycles. The highest BCUT2D eigenvalue weighted by Crippen LogP contribution is 2.32. The Labute approximate surface area is 181 Å². The molecule has 4 rings (SSSR count). The van der Waals surface area contributed by atoms with E-state index < -0.39 is 5.97 Å². The Morgan fingerprint density at radius 3 is 2.74 bits per heavy atom. The number of carbonyl (C=O) groups is 1. The first-order chi connectivity index (χ1) is 15.1. The van der Waals surface area contributed by atoms with Crippen LogP contribution in [0, 0.1) is 0 Å². The summed E-state index contributed by atoms with van der Waals surface area (Å²) in [5, 5.41) is 13.5. The average Bonchev–Trinajstić information content (AvgIpc) is 3.25. The number of rotatable bonds is 9. The van der Waals surface area contributed by atoms with Crippen LogP contribution in [0.1, 0.15) is 23.6 Å². The summed E-state index contributed by atoms with van der Waals surface area (Å²) in [4.78, 5) is 11.1. The number of furan rings is 1. The Morgan fingerprint density at radius 1 is 1.03 bits per heavy atom. The van der Waals surface area contributed by atoms with Crippen molar-refractivity contribution in [1.82, 2.24) is 5.32 Å². The molecule has 0 aliphatic carbocycles. The fraction of sp³-hybridized carbons (Fsp3) is 0.192. The second kappa shape index (κ2) is 9.49. The molecule has 1 aromatic heterocycles. The van der Waals surface area contributed by atoms with Gasteiger partial charge in [-0.1, -0.05) is 43.3 Å². The van der Waals surface area contributed by atoms with Crippen molar-refractivity contribution < 1.29 is 19.1 Å². The van der Waals surface area contributed by atoms with E-state index in [1.165, 1.54) is 5.56 Å². The van der Waals surface area contributed by atoms with Crippen molar-refractivity contribution in [2.75, 3.05) is 6.54 Å². The van der Waals surface area contributed by atoms with Gasteiger partial charge in [-0.3, -0.25) is 4.79 Å². The summed E-state index contributed by atoms with van der Waals surface area (Å²) in [5.41, 5.74) is 5.81. The number of carboxylic acids is 1. The monoisotopic (exact) mass is 415 g/mol. The first kappa shape index (κ1) is 20.7. The van der Waals surface area contributed by atoms with Gasteiger partial charge in [0.15, 0.2) is 0 Å². The molecule has 4 aromatic rings. The lowest BCUT2D eigenvalue weighted by molar-refractivity contribution is -0.136. The lowest BCUT2D eigenvalue weighted by Crippen LogP contribution is -2.11. The molecule has 1 heterocycles. The molecule has 0 unspecified atom stereocenters. The molecule has 0 atom stereocenters. The van der Waals surface area contributed by atoms with Gasteiger partial charge in [-0.2, -0.15) is 0 Å². The minimum atomic E-state index is -0.879. The lowest BCUT2D eigenvalue weighted by Gasteiger charge is -2.12. The van der Waals surface area contributed by atoms with Gasteiger partial charge < -0.3 is 19.6 Å². The highest BCUT2D eigenvalue weighted by atomic mass is 16.5. The van der Waals surface area contributed by atoms with Crippen LogP contribution in [0.15, 0.2) is 77.4 Å². The minimum Gasteiger partial charge on any atom is -0.489 e. The standard InChI is InChI=1S/C26H25NO4/c1-2-27-16-18-6-5-8-20(12-18)23-14-19(13-22-10-11-30-26(22)23)17-31-24-9-4-3-7-21(24)15-25(28)29/h3-14,27H,2,15-17H2,1H3,(H,28,29).